The molecule has 0 N–H and O–H groups in total. The molecule has 0 saturated heterocycles. The van der Waals surface area contributed by atoms with Gasteiger partial charge in [0, 0.05) is 24.8 Å². The molecule has 2 aromatic heterocycles. The van der Waals surface area contributed by atoms with Gasteiger partial charge in [-0.3, -0.25) is 28.7 Å². The summed E-state index contributed by atoms with van der Waals surface area (Å²) >= 11 is 0. The molecular weight excluding hydrogens is 515 g/mol. The van der Waals surface area contributed by atoms with Crippen LogP contribution >= 0.6 is 0 Å². The fraction of sp³-hybridized carbons (Fsp3) is 0.296. The molecule has 0 atom stereocenters. The highest BCUT2D eigenvalue weighted by atomic mass is 19.4. The van der Waals surface area contributed by atoms with Gasteiger partial charge in [0.1, 0.15) is 5.69 Å². The number of rotatable bonds is 7. The standard InChI is InChI=1S/C21H22F3N5O4.C6H4/c1-4-27-19(30)18(29(32)33)17(28(20(27)31)10-13(2)3)15-9-25-26(12-15)11-14-7-5-6-8-16(14)21(22,23)24;1-2-5-4-6(5)3-1/h5-9,12-13H,4,10-11H2,1-3H3;1-4H. The van der Waals surface area contributed by atoms with Crippen LogP contribution in [-0.4, -0.2) is 23.8 Å². The summed E-state index contributed by atoms with van der Waals surface area (Å²) < 4.78 is 43.1. The molecule has 0 amide bonds. The summed E-state index contributed by atoms with van der Waals surface area (Å²) in [6, 6.07) is 13.5. The third-order valence-electron chi connectivity index (χ3n) is 6.12. The summed E-state index contributed by atoms with van der Waals surface area (Å²) in [5, 5.41) is 15.8. The van der Waals surface area contributed by atoms with Crippen LogP contribution in [0.3, 0.4) is 0 Å². The van der Waals surface area contributed by atoms with Crippen LogP contribution in [0.25, 0.3) is 22.4 Å². The predicted octanol–water partition coefficient (Wildman–Crippen LogP) is 5.19. The Bertz CT molecular complexity index is 1630. The van der Waals surface area contributed by atoms with E-state index < -0.39 is 33.6 Å². The van der Waals surface area contributed by atoms with Crippen LogP contribution in [0.15, 0.2) is 70.5 Å². The van der Waals surface area contributed by atoms with Crippen LogP contribution in [0, 0.1) is 16.0 Å². The average Bonchev–Trinajstić information content (AvgIpc) is 3.22. The molecule has 0 bridgehead atoms. The van der Waals surface area contributed by atoms with E-state index >= 15 is 0 Å². The summed E-state index contributed by atoms with van der Waals surface area (Å²) in [6.07, 6.45) is -2.07. The van der Waals surface area contributed by atoms with Gasteiger partial charge >= 0.3 is 23.1 Å². The van der Waals surface area contributed by atoms with Gasteiger partial charge in [-0.15, -0.1) is 0 Å². The molecule has 0 spiro atoms. The smallest absolute Gasteiger partial charge is 0.287 e. The van der Waals surface area contributed by atoms with Crippen molar-refractivity contribution in [2.75, 3.05) is 0 Å². The summed E-state index contributed by atoms with van der Waals surface area (Å²) in [7, 11) is 0. The number of nitro groups is 1. The van der Waals surface area contributed by atoms with Gasteiger partial charge in [-0.05, 0) is 41.7 Å². The van der Waals surface area contributed by atoms with Gasteiger partial charge in [-0.2, -0.15) is 18.3 Å². The first-order chi connectivity index (χ1) is 18.4. The number of hydrogen-bond donors (Lipinski definition) is 0. The normalized spacial score (nSPS) is 11.8. The monoisotopic (exact) mass is 541 g/mol. The summed E-state index contributed by atoms with van der Waals surface area (Å²) in [5.74, 6) is -0.0856. The first kappa shape index (κ1) is 27.6. The van der Waals surface area contributed by atoms with Crippen molar-refractivity contribution >= 4 is 5.69 Å². The molecule has 1 aromatic carbocycles. The molecule has 39 heavy (non-hydrogen) atoms. The Balaban J connectivity index is 0.000000508. The van der Waals surface area contributed by atoms with E-state index in [9.17, 15) is 32.9 Å². The lowest BCUT2D eigenvalue weighted by molar-refractivity contribution is -0.386. The van der Waals surface area contributed by atoms with Gasteiger partial charge in [0.25, 0.3) is 0 Å². The SMILES string of the molecule is CCn1c(=O)c([N+](=O)[O-])c(-c2cnn(Cc3ccccc3C(F)(F)F)c2)n(CC(C)C)c1=O.c1cc2cc-2c1. The molecule has 9 nitrogen and oxygen atoms in total. The van der Waals surface area contributed by atoms with E-state index in [1.807, 2.05) is 0 Å². The molecule has 3 aromatic rings. The molecule has 0 saturated carbocycles. The van der Waals surface area contributed by atoms with Crippen LogP contribution in [0.5, 0.6) is 0 Å². The van der Waals surface area contributed by atoms with Crippen molar-refractivity contribution in [3.63, 3.8) is 0 Å². The molecule has 204 valence electrons. The van der Waals surface area contributed by atoms with Gasteiger partial charge in [0.15, 0.2) is 0 Å². The van der Waals surface area contributed by atoms with Gasteiger partial charge < -0.3 is 0 Å². The summed E-state index contributed by atoms with van der Waals surface area (Å²) in [5.41, 5.74) is -0.680. The lowest BCUT2D eigenvalue weighted by Gasteiger charge is -2.16. The minimum Gasteiger partial charge on any atom is -0.287 e. The van der Waals surface area contributed by atoms with E-state index in [-0.39, 0.29) is 42.4 Å². The highest BCUT2D eigenvalue weighted by Crippen LogP contribution is 2.33. The number of benzene rings is 2. The number of halogens is 3. The number of aromatic nitrogens is 4. The van der Waals surface area contributed by atoms with Gasteiger partial charge in [-0.25, -0.2) is 4.79 Å². The Hall–Kier alpha value is -4.48. The Labute approximate surface area is 220 Å². The molecule has 0 unspecified atom stereocenters. The molecule has 2 aliphatic carbocycles. The fourth-order valence-electron chi connectivity index (χ4n) is 4.31. The Morgan fingerprint density at radius 1 is 1.00 bits per heavy atom. The summed E-state index contributed by atoms with van der Waals surface area (Å²) in [4.78, 5) is 36.6. The Morgan fingerprint density at radius 2 is 1.67 bits per heavy atom. The lowest BCUT2D eigenvalue weighted by Crippen LogP contribution is -2.42. The van der Waals surface area contributed by atoms with Crippen molar-refractivity contribution in [1.29, 1.82) is 0 Å². The number of nitrogens with zero attached hydrogens (tertiary/aromatic N) is 5. The van der Waals surface area contributed by atoms with E-state index in [4.69, 9.17) is 0 Å². The molecule has 0 fully saturated rings. The van der Waals surface area contributed by atoms with Crippen molar-refractivity contribution in [1.82, 2.24) is 18.9 Å². The predicted molar refractivity (Wildman–Crippen MR) is 139 cm³/mol. The zero-order valence-corrected chi connectivity index (χ0v) is 21.5. The maximum Gasteiger partial charge on any atom is 0.416 e. The van der Waals surface area contributed by atoms with Crippen molar-refractivity contribution < 1.29 is 18.1 Å². The van der Waals surface area contributed by atoms with E-state index in [0.29, 0.717) is 0 Å². The number of hydrogen-bond acceptors (Lipinski definition) is 5. The van der Waals surface area contributed by atoms with Crippen molar-refractivity contribution in [2.24, 2.45) is 5.92 Å². The van der Waals surface area contributed by atoms with Crippen LogP contribution in [0.1, 0.15) is 31.9 Å². The van der Waals surface area contributed by atoms with Crippen molar-refractivity contribution in [3.05, 3.63) is 103 Å². The van der Waals surface area contributed by atoms with Crippen molar-refractivity contribution in [3.8, 4) is 22.4 Å². The molecule has 0 aliphatic heterocycles. The Kier molecular flexibility index (Phi) is 7.57. The van der Waals surface area contributed by atoms with E-state index in [1.54, 1.807) is 13.8 Å². The van der Waals surface area contributed by atoms with E-state index in [0.717, 1.165) is 15.2 Å². The minimum absolute atomic E-state index is 0.0462. The van der Waals surface area contributed by atoms with E-state index in [2.05, 4.69) is 29.4 Å². The average molecular weight is 542 g/mol. The largest absolute Gasteiger partial charge is 0.416 e. The second kappa shape index (κ2) is 10.7. The topological polar surface area (TPSA) is 105 Å². The zero-order valence-electron chi connectivity index (χ0n) is 21.5. The van der Waals surface area contributed by atoms with Crippen LogP contribution < -0.4 is 11.2 Å². The van der Waals surface area contributed by atoms with Gasteiger partial charge in [0.05, 0.1) is 23.2 Å². The maximum absolute atomic E-state index is 13.3. The number of fused-ring (bicyclic) bond motifs is 1. The third-order valence-corrected chi connectivity index (χ3v) is 6.12. The molecule has 5 rings (SSSR count). The first-order valence-electron chi connectivity index (χ1n) is 12.2. The highest BCUT2D eigenvalue weighted by molar-refractivity contribution is 5.80. The molecule has 2 heterocycles. The Morgan fingerprint density at radius 3 is 2.18 bits per heavy atom. The van der Waals surface area contributed by atoms with Crippen molar-refractivity contribution in [2.45, 2.75) is 46.6 Å². The molecular formula is C27H26F3N5O4. The second-order valence-corrected chi connectivity index (χ2v) is 9.45. The third kappa shape index (κ3) is 5.84. The highest BCUT2D eigenvalue weighted by Gasteiger charge is 2.33. The van der Waals surface area contributed by atoms with Crippen LogP contribution in [0.4, 0.5) is 18.9 Å². The molecule has 0 radical (unpaired) electrons. The zero-order chi connectivity index (χ0) is 28.5. The summed E-state index contributed by atoms with van der Waals surface area (Å²) in [6.45, 7) is 4.93. The maximum atomic E-state index is 13.3. The molecule has 12 heteroatoms. The van der Waals surface area contributed by atoms with Crippen LogP contribution in [0.2, 0.25) is 0 Å². The van der Waals surface area contributed by atoms with Crippen LogP contribution in [-0.2, 0) is 25.8 Å². The second-order valence-electron chi connectivity index (χ2n) is 9.45. The quantitative estimate of drug-likeness (QED) is 0.208. The van der Waals surface area contributed by atoms with Gasteiger partial charge in [-0.1, -0.05) is 50.2 Å². The van der Waals surface area contributed by atoms with E-state index in [1.165, 1.54) is 53.3 Å². The van der Waals surface area contributed by atoms with Gasteiger partial charge in [0.2, 0.25) is 0 Å². The molecule has 2 aliphatic rings. The number of alkyl halides is 3. The lowest BCUT2D eigenvalue weighted by atomic mass is 10.1. The first-order valence-corrected chi connectivity index (χ1v) is 12.2. The fourth-order valence-corrected chi connectivity index (χ4v) is 4.31. The minimum atomic E-state index is -4.56.